The van der Waals surface area contributed by atoms with E-state index >= 15 is 0 Å². The fourth-order valence-corrected chi connectivity index (χ4v) is 3.45. The molecule has 31 heavy (non-hydrogen) atoms. The van der Waals surface area contributed by atoms with Gasteiger partial charge in [0.1, 0.15) is 17.6 Å². The Hall–Kier alpha value is -3.94. The number of nitrogens with zero attached hydrogens (tertiary/aromatic N) is 2. The van der Waals surface area contributed by atoms with Gasteiger partial charge >= 0.3 is 5.97 Å². The lowest BCUT2D eigenvalue weighted by Crippen LogP contribution is -2.35. The van der Waals surface area contributed by atoms with Crippen molar-refractivity contribution in [2.45, 2.75) is 25.9 Å². The van der Waals surface area contributed by atoms with E-state index in [-0.39, 0.29) is 25.2 Å². The number of hydrogen-bond acceptors (Lipinski definition) is 6. The molecule has 0 saturated heterocycles. The van der Waals surface area contributed by atoms with Gasteiger partial charge in [0.2, 0.25) is 11.5 Å². The van der Waals surface area contributed by atoms with Crippen LogP contribution < -0.4 is 10.9 Å². The third-order valence-corrected chi connectivity index (χ3v) is 4.88. The van der Waals surface area contributed by atoms with Gasteiger partial charge < -0.3 is 14.5 Å². The van der Waals surface area contributed by atoms with Crippen molar-refractivity contribution in [3.63, 3.8) is 0 Å². The van der Waals surface area contributed by atoms with E-state index in [9.17, 15) is 14.4 Å². The molecule has 0 aliphatic rings. The second-order valence-electron chi connectivity index (χ2n) is 6.99. The Balaban J connectivity index is 1.56. The maximum absolute atomic E-state index is 12.8. The Kier molecular flexibility index (Phi) is 5.79. The number of furan rings is 1. The van der Waals surface area contributed by atoms with E-state index < -0.39 is 23.5 Å². The minimum atomic E-state index is -0.577. The number of fused-ring (bicyclic) bond motifs is 3. The fraction of sp³-hybridized carbons (Fsp3) is 0.217. The maximum atomic E-state index is 12.8. The molecule has 2 aromatic heterocycles. The molecule has 0 fully saturated rings. The van der Waals surface area contributed by atoms with Crippen molar-refractivity contribution in [3.05, 3.63) is 76.8 Å². The third kappa shape index (κ3) is 4.32. The van der Waals surface area contributed by atoms with Gasteiger partial charge in [-0.15, -0.1) is 0 Å². The summed E-state index contributed by atoms with van der Waals surface area (Å²) in [5.74, 6) is -0.850. The van der Waals surface area contributed by atoms with Crippen molar-refractivity contribution in [1.82, 2.24) is 14.9 Å². The van der Waals surface area contributed by atoms with Crippen LogP contribution in [0.4, 0.5) is 0 Å². The van der Waals surface area contributed by atoms with Crippen LogP contribution in [-0.4, -0.2) is 28.0 Å². The van der Waals surface area contributed by atoms with Gasteiger partial charge in [-0.05, 0) is 24.6 Å². The molecule has 0 aliphatic heterocycles. The summed E-state index contributed by atoms with van der Waals surface area (Å²) >= 11 is 0. The summed E-state index contributed by atoms with van der Waals surface area (Å²) in [4.78, 5) is 41.9. The summed E-state index contributed by atoms with van der Waals surface area (Å²) in [6.45, 7) is 1.72. The molecule has 158 valence electrons. The lowest BCUT2D eigenvalue weighted by atomic mass is 10.0. The van der Waals surface area contributed by atoms with Crippen molar-refractivity contribution in [2.24, 2.45) is 0 Å². The molecular weight excluding hydrogens is 398 g/mol. The van der Waals surface area contributed by atoms with Gasteiger partial charge in [-0.1, -0.05) is 42.5 Å². The summed E-state index contributed by atoms with van der Waals surface area (Å²) < 4.78 is 11.9. The molecule has 2 aromatic carbocycles. The van der Waals surface area contributed by atoms with Crippen molar-refractivity contribution >= 4 is 33.9 Å². The van der Waals surface area contributed by atoms with Crippen molar-refractivity contribution in [3.8, 4) is 0 Å². The molecule has 4 rings (SSSR count). The van der Waals surface area contributed by atoms with Crippen LogP contribution in [0.25, 0.3) is 22.1 Å². The molecule has 1 unspecified atom stereocenters. The van der Waals surface area contributed by atoms with Gasteiger partial charge in [-0.2, -0.15) is 0 Å². The first-order valence-electron chi connectivity index (χ1n) is 9.93. The van der Waals surface area contributed by atoms with Crippen LogP contribution in [0.5, 0.6) is 0 Å². The van der Waals surface area contributed by atoms with E-state index in [1.165, 1.54) is 10.9 Å². The molecule has 0 aliphatic carbocycles. The van der Waals surface area contributed by atoms with Gasteiger partial charge in [0.15, 0.2) is 0 Å². The molecule has 0 radical (unpaired) electrons. The summed E-state index contributed by atoms with van der Waals surface area (Å²) in [5.41, 5.74) is 1.44. The average molecular weight is 419 g/mol. The number of aromatic nitrogens is 2. The van der Waals surface area contributed by atoms with Crippen LogP contribution in [0.3, 0.4) is 0 Å². The molecule has 2 heterocycles. The number of amides is 1. The highest BCUT2D eigenvalue weighted by Crippen LogP contribution is 2.24. The molecule has 8 heteroatoms. The van der Waals surface area contributed by atoms with Crippen LogP contribution in [0.2, 0.25) is 0 Å². The number of carbonyl (C=O) groups excluding carboxylic acids is 2. The SMILES string of the molecule is CCOC(=O)CC(NC(=O)Cn1cnc2c(oc3ccccc32)c1=O)c1ccccc1. The van der Waals surface area contributed by atoms with E-state index in [4.69, 9.17) is 9.15 Å². The summed E-state index contributed by atoms with van der Waals surface area (Å²) in [7, 11) is 0. The molecule has 8 nitrogen and oxygen atoms in total. The van der Waals surface area contributed by atoms with Crippen LogP contribution in [0.15, 0.2) is 70.1 Å². The first kappa shape index (κ1) is 20.3. The number of nitrogens with one attached hydrogen (secondary N) is 1. The zero-order valence-electron chi connectivity index (χ0n) is 16.9. The number of benzene rings is 2. The number of hydrogen-bond donors (Lipinski definition) is 1. The van der Waals surface area contributed by atoms with Crippen molar-refractivity contribution in [2.75, 3.05) is 6.61 Å². The predicted molar refractivity (Wildman–Crippen MR) is 114 cm³/mol. The molecule has 0 saturated carbocycles. The molecule has 0 bridgehead atoms. The average Bonchev–Trinajstić information content (AvgIpc) is 3.16. The Morgan fingerprint density at radius 3 is 2.65 bits per heavy atom. The first-order valence-corrected chi connectivity index (χ1v) is 9.93. The zero-order valence-corrected chi connectivity index (χ0v) is 16.9. The molecule has 1 N–H and O–H groups in total. The van der Waals surface area contributed by atoms with Crippen LogP contribution in [0.1, 0.15) is 24.9 Å². The van der Waals surface area contributed by atoms with Crippen molar-refractivity contribution in [1.29, 1.82) is 0 Å². The second kappa shape index (κ2) is 8.83. The topological polar surface area (TPSA) is 103 Å². The monoisotopic (exact) mass is 419 g/mol. The number of carbonyl (C=O) groups is 2. The van der Waals surface area contributed by atoms with Crippen LogP contribution in [0, 0.1) is 0 Å². The van der Waals surface area contributed by atoms with E-state index in [2.05, 4.69) is 10.3 Å². The van der Waals surface area contributed by atoms with Gasteiger partial charge in [0, 0.05) is 5.39 Å². The molecule has 1 atom stereocenters. The highest BCUT2D eigenvalue weighted by atomic mass is 16.5. The van der Waals surface area contributed by atoms with E-state index in [0.717, 1.165) is 10.9 Å². The van der Waals surface area contributed by atoms with Crippen molar-refractivity contribution < 1.29 is 18.7 Å². The Morgan fingerprint density at radius 1 is 1.13 bits per heavy atom. The number of rotatable bonds is 7. The quantitative estimate of drug-likeness (QED) is 0.462. The largest absolute Gasteiger partial charge is 0.466 e. The number of ether oxygens (including phenoxy) is 1. The lowest BCUT2D eigenvalue weighted by molar-refractivity contribution is -0.143. The van der Waals surface area contributed by atoms with Gasteiger partial charge in [0.05, 0.1) is 25.4 Å². The standard InChI is InChI=1S/C23H21N3O5/c1-2-30-20(28)12-17(15-8-4-3-5-9-15)25-19(27)13-26-14-24-21-16-10-6-7-11-18(16)31-22(21)23(26)29/h3-11,14,17H,2,12-13H2,1H3,(H,25,27). The van der Waals surface area contributed by atoms with Crippen LogP contribution in [-0.2, 0) is 20.9 Å². The molecular formula is C23H21N3O5. The Labute approximate surface area is 177 Å². The lowest BCUT2D eigenvalue weighted by Gasteiger charge is -2.18. The number of esters is 1. The predicted octanol–water partition coefficient (Wildman–Crippen LogP) is 2.95. The van der Waals surface area contributed by atoms with E-state index in [0.29, 0.717) is 11.1 Å². The maximum Gasteiger partial charge on any atom is 0.308 e. The van der Waals surface area contributed by atoms with E-state index in [1.54, 1.807) is 13.0 Å². The summed E-state index contributed by atoms with van der Waals surface area (Å²) in [6.07, 6.45) is 1.31. The smallest absolute Gasteiger partial charge is 0.308 e. The summed E-state index contributed by atoms with van der Waals surface area (Å²) in [5, 5.41) is 3.56. The normalized spacial score (nSPS) is 12.0. The first-order chi connectivity index (χ1) is 15.1. The third-order valence-electron chi connectivity index (χ3n) is 4.88. The molecule has 4 aromatic rings. The fourth-order valence-electron chi connectivity index (χ4n) is 3.45. The van der Waals surface area contributed by atoms with Gasteiger partial charge in [-0.3, -0.25) is 19.0 Å². The highest BCUT2D eigenvalue weighted by molar-refractivity contribution is 6.01. The zero-order chi connectivity index (χ0) is 21.8. The minimum absolute atomic E-state index is 0.0145. The summed E-state index contributed by atoms with van der Waals surface area (Å²) in [6, 6.07) is 15.8. The second-order valence-corrected chi connectivity index (χ2v) is 6.99. The van der Waals surface area contributed by atoms with Gasteiger partial charge in [-0.25, -0.2) is 4.98 Å². The van der Waals surface area contributed by atoms with E-state index in [1.807, 2.05) is 48.5 Å². The Morgan fingerprint density at radius 2 is 1.87 bits per heavy atom. The highest BCUT2D eigenvalue weighted by Gasteiger charge is 2.20. The molecule has 1 amide bonds. The Bertz CT molecular complexity index is 1290. The number of para-hydroxylation sites is 1. The van der Waals surface area contributed by atoms with Gasteiger partial charge in [0.25, 0.3) is 5.56 Å². The molecule has 0 spiro atoms. The van der Waals surface area contributed by atoms with Crippen LogP contribution >= 0.6 is 0 Å². The minimum Gasteiger partial charge on any atom is -0.466 e.